The predicted molar refractivity (Wildman–Crippen MR) is 122 cm³/mol. The second kappa shape index (κ2) is 9.93. The Hall–Kier alpha value is -3.91. The Morgan fingerprint density at radius 1 is 1.00 bits per heavy atom. The van der Waals surface area contributed by atoms with Crippen molar-refractivity contribution >= 4 is 34.5 Å². The highest BCUT2D eigenvalue weighted by Crippen LogP contribution is 2.21. The van der Waals surface area contributed by atoms with Crippen molar-refractivity contribution in [2.24, 2.45) is 0 Å². The molecule has 0 atom stereocenters. The fraction of sp³-hybridized carbons (Fsp3) is 0.208. The first-order valence-corrected chi connectivity index (χ1v) is 10.4. The first-order chi connectivity index (χ1) is 15.7. The van der Waals surface area contributed by atoms with Gasteiger partial charge in [0.15, 0.2) is 5.76 Å². The predicted octanol–water partition coefficient (Wildman–Crippen LogP) is 4.56. The Morgan fingerprint density at radius 3 is 2.56 bits per heavy atom. The van der Waals surface area contributed by atoms with E-state index in [2.05, 4.69) is 15.6 Å². The van der Waals surface area contributed by atoms with Crippen LogP contribution in [0.2, 0.25) is 0 Å². The molecule has 2 aromatic heterocycles. The van der Waals surface area contributed by atoms with Crippen LogP contribution in [0.3, 0.4) is 0 Å². The normalized spacial score (nSPS) is 10.9. The first-order valence-electron chi connectivity index (χ1n) is 10.4. The zero-order valence-corrected chi connectivity index (χ0v) is 17.7. The Balaban J connectivity index is 1.46. The molecule has 0 aliphatic carbocycles. The molecule has 164 valence electrons. The number of hydrogen-bond donors (Lipinski definition) is 2. The number of ether oxygens (including phenoxy) is 1. The maximum Gasteiger partial charge on any atom is 0.291 e. The largest absolute Gasteiger partial charge is 0.459 e. The number of nitrogens with one attached hydrogen (secondary N) is 2. The molecule has 8 nitrogen and oxygen atoms in total. The summed E-state index contributed by atoms with van der Waals surface area (Å²) in [7, 11) is 0. The van der Waals surface area contributed by atoms with Crippen molar-refractivity contribution in [2.45, 2.75) is 19.9 Å². The highest BCUT2D eigenvalue weighted by Gasteiger charge is 2.15. The summed E-state index contributed by atoms with van der Waals surface area (Å²) in [6.07, 6.45) is 2.24. The lowest BCUT2D eigenvalue weighted by Gasteiger charge is -2.11. The molecule has 4 aromatic rings. The molecule has 0 saturated carbocycles. The van der Waals surface area contributed by atoms with E-state index in [0.717, 1.165) is 17.5 Å². The van der Waals surface area contributed by atoms with Crippen molar-refractivity contribution in [3.63, 3.8) is 0 Å². The molecule has 4 rings (SSSR count). The van der Waals surface area contributed by atoms with E-state index in [-0.39, 0.29) is 17.6 Å². The van der Waals surface area contributed by atoms with E-state index in [1.54, 1.807) is 36.4 Å². The third-order valence-electron chi connectivity index (χ3n) is 4.90. The van der Waals surface area contributed by atoms with Crippen LogP contribution in [-0.4, -0.2) is 34.6 Å². The number of benzene rings is 2. The van der Waals surface area contributed by atoms with Crippen LogP contribution >= 0.6 is 0 Å². The second-order valence-electron chi connectivity index (χ2n) is 7.09. The van der Waals surface area contributed by atoms with Crippen molar-refractivity contribution in [1.82, 2.24) is 9.55 Å². The summed E-state index contributed by atoms with van der Waals surface area (Å²) in [5, 5.41) is 5.64. The Labute approximate surface area is 185 Å². The van der Waals surface area contributed by atoms with Crippen LogP contribution in [-0.2, 0) is 11.3 Å². The van der Waals surface area contributed by atoms with E-state index in [4.69, 9.17) is 9.15 Å². The van der Waals surface area contributed by atoms with Gasteiger partial charge >= 0.3 is 0 Å². The summed E-state index contributed by atoms with van der Waals surface area (Å²) < 4.78 is 12.5. The third kappa shape index (κ3) is 4.87. The molecule has 2 heterocycles. The lowest BCUT2D eigenvalue weighted by Crippen LogP contribution is -2.17. The van der Waals surface area contributed by atoms with Crippen molar-refractivity contribution in [2.75, 3.05) is 23.8 Å². The first kappa shape index (κ1) is 21.3. The van der Waals surface area contributed by atoms with Crippen LogP contribution in [0.5, 0.6) is 0 Å². The molecular weight excluding hydrogens is 408 g/mol. The summed E-state index contributed by atoms with van der Waals surface area (Å²) >= 11 is 0. The maximum absolute atomic E-state index is 12.8. The number of rotatable bonds is 9. The van der Waals surface area contributed by atoms with Crippen LogP contribution in [0, 0.1) is 0 Å². The molecule has 0 spiro atoms. The van der Waals surface area contributed by atoms with E-state index in [0.29, 0.717) is 37.0 Å². The minimum absolute atomic E-state index is 0.218. The highest BCUT2D eigenvalue weighted by atomic mass is 16.5. The van der Waals surface area contributed by atoms with Gasteiger partial charge in [-0.25, -0.2) is 4.98 Å². The number of nitrogens with zero attached hydrogens (tertiary/aromatic N) is 2. The minimum atomic E-state index is -0.354. The van der Waals surface area contributed by atoms with Gasteiger partial charge in [-0.2, -0.15) is 0 Å². The third-order valence-corrected chi connectivity index (χ3v) is 4.90. The fourth-order valence-corrected chi connectivity index (χ4v) is 3.35. The summed E-state index contributed by atoms with van der Waals surface area (Å²) in [5.74, 6) is 0.0706. The Bertz CT molecular complexity index is 1200. The average Bonchev–Trinajstić information content (AvgIpc) is 3.46. The zero-order valence-electron chi connectivity index (χ0n) is 17.7. The van der Waals surface area contributed by atoms with Gasteiger partial charge in [0.25, 0.3) is 11.8 Å². The molecule has 0 aliphatic rings. The number of carbonyl (C=O) groups is 2. The number of para-hydroxylation sites is 2. The fourth-order valence-electron chi connectivity index (χ4n) is 3.35. The van der Waals surface area contributed by atoms with E-state index in [1.165, 1.54) is 6.26 Å². The monoisotopic (exact) mass is 432 g/mol. The summed E-state index contributed by atoms with van der Waals surface area (Å²) in [6.45, 7) is 3.95. The number of imidazole rings is 1. The van der Waals surface area contributed by atoms with E-state index in [1.807, 2.05) is 35.8 Å². The van der Waals surface area contributed by atoms with Gasteiger partial charge in [-0.15, -0.1) is 0 Å². The number of aromatic nitrogens is 2. The van der Waals surface area contributed by atoms with Gasteiger partial charge in [-0.1, -0.05) is 12.1 Å². The topological polar surface area (TPSA) is 98.4 Å². The molecule has 0 aliphatic heterocycles. The van der Waals surface area contributed by atoms with Crippen LogP contribution in [0.1, 0.15) is 34.3 Å². The molecular formula is C24H24N4O4. The molecule has 2 aromatic carbocycles. The van der Waals surface area contributed by atoms with Gasteiger partial charge in [0.1, 0.15) is 0 Å². The zero-order chi connectivity index (χ0) is 22.3. The molecule has 0 unspecified atom stereocenters. The molecule has 0 bridgehead atoms. The number of carbonyl (C=O) groups excluding carboxylic acids is 2. The second-order valence-corrected chi connectivity index (χ2v) is 7.09. The molecule has 32 heavy (non-hydrogen) atoms. The van der Waals surface area contributed by atoms with Crippen LogP contribution < -0.4 is 10.6 Å². The van der Waals surface area contributed by atoms with E-state index < -0.39 is 0 Å². The van der Waals surface area contributed by atoms with Crippen LogP contribution in [0.15, 0.2) is 71.3 Å². The lowest BCUT2D eigenvalue weighted by molar-refractivity contribution is 0.0995. The average molecular weight is 432 g/mol. The quantitative estimate of drug-likeness (QED) is 0.378. The molecule has 8 heteroatoms. The number of anilines is 2. The molecule has 0 saturated heterocycles. The number of fused-ring (bicyclic) bond motifs is 1. The number of hydrogen-bond acceptors (Lipinski definition) is 5. The van der Waals surface area contributed by atoms with Crippen molar-refractivity contribution in [1.29, 1.82) is 0 Å². The Kier molecular flexibility index (Phi) is 6.62. The van der Waals surface area contributed by atoms with Gasteiger partial charge in [0, 0.05) is 31.0 Å². The van der Waals surface area contributed by atoms with Gasteiger partial charge in [0.05, 0.1) is 17.3 Å². The van der Waals surface area contributed by atoms with Gasteiger partial charge in [-0.3, -0.25) is 14.9 Å². The van der Waals surface area contributed by atoms with Crippen molar-refractivity contribution < 1.29 is 18.7 Å². The van der Waals surface area contributed by atoms with Crippen molar-refractivity contribution in [3.05, 3.63) is 78.3 Å². The van der Waals surface area contributed by atoms with E-state index >= 15 is 0 Å². The summed E-state index contributed by atoms with van der Waals surface area (Å²) in [4.78, 5) is 29.5. The summed E-state index contributed by atoms with van der Waals surface area (Å²) in [6, 6.07) is 17.6. The van der Waals surface area contributed by atoms with E-state index in [9.17, 15) is 9.59 Å². The van der Waals surface area contributed by atoms with Crippen molar-refractivity contribution in [3.8, 4) is 0 Å². The van der Waals surface area contributed by atoms with Gasteiger partial charge < -0.3 is 19.0 Å². The standard InChI is InChI=1S/C24H24N4O4/c1-2-31-15-6-14-28-20-8-4-3-7-19(20)26-24(28)27-22(29)17-10-12-18(13-11-17)25-23(30)21-9-5-16-32-21/h3-5,7-13,16H,2,6,14-15H2,1H3,(H,25,30)(H,26,27,29). The van der Waals surface area contributed by atoms with Crippen LogP contribution in [0.4, 0.5) is 11.6 Å². The number of furan rings is 1. The molecule has 2 N–H and O–H groups in total. The van der Waals surface area contributed by atoms with Crippen LogP contribution in [0.25, 0.3) is 11.0 Å². The maximum atomic E-state index is 12.8. The number of aryl methyl sites for hydroxylation is 1. The molecule has 0 fully saturated rings. The molecule has 0 radical (unpaired) electrons. The van der Waals surface area contributed by atoms with Gasteiger partial charge in [-0.05, 0) is 61.9 Å². The Morgan fingerprint density at radius 2 is 1.81 bits per heavy atom. The summed E-state index contributed by atoms with van der Waals surface area (Å²) in [5.41, 5.74) is 2.78. The number of amides is 2. The SMILES string of the molecule is CCOCCCn1c(NC(=O)c2ccc(NC(=O)c3ccco3)cc2)nc2ccccc21. The minimum Gasteiger partial charge on any atom is -0.459 e. The van der Waals surface area contributed by atoms with Gasteiger partial charge in [0.2, 0.25) is 5.95 Å². The lowest BCUT2D eigenvalue weighted by atomic mass is 10.2. The highest BCUT2D eigenvalue weighted by molar-refractivity contribution is 6.05. The smallest absolute Gasteiger partial charge is 0.291 e. The molecule has 2 amide bonds.